The van der Waals surface area contributed by atoms with Gasteiger partial charge in [-0.2, -0.15) is 0 Å². The second kappa shape index (κ2) is 4.75. The third-order valence-corrected chi connectivity index (χ3v) is 2.84. The van der Waals surface area contributed by atoms with Gasteiger partial charge in [-0.05, 0) is 12.1 Å². The summed E-state index contributed by atoms with van der Waals surface area (Å²) in [5.74, 6) is 1.89. The van der Waals surface area contributed by atoms with E-state index in [-0.39, 0.29) is 0 Å². The van der Waals surface area contributed by atoms with Gasteiger partial charge in [0.05, 0.1) is 19.2 Å². The number of methoxy groups -OCH3 is 1. The molecular formula is C13H19N3O. The smallest absolute Gasteiger partial charge is 0.144 e. The molecule has 0 aliphatic heterocycles. The molecule has 1 heterocycles. The van der Waals surface area contributed by atoms with E-state index < -0.39 is 0 Å². The molecule has 0 atom stereocenters. The second-order valence-electron chi connectivity index (χ2n) is 4.45. The minimum absolute atomic E-state index is 0.455. The molecule has 2 rings (SSSR count). The number of ether oxygens (including phenoxy) is 1. The van der Waals surface area contributed by atoms with Gasteiger partial charge < -0.3 is 14.6 Å². The van der Waals surface area contributed by atoms with Crippen molar-refractivity contribution < 1.29 is 4.74 Å². The van der Waals surface area contributed by atoms with Crippen LogP contribution in [-0.2, 0) is 13.6 Å². The molecular weight excluding hydrogens is 214 g/mol. The van der Waals surface area contributed by atoms with Gasteiger partial charge in [0.25, 0.3) is 0 Å². The van der Waals surface area contributed by atoms with E-state index in [0.29, 0.717) is 6.04 Å². The zero-order valence-corrected chi connectivity index (χ0v) is 10.8. The summed E-state index contributed by atoms with van der Waals surface area (Å²) in [7, 11) is 3.71. The SMILES string of the molecule is COc1cccc2nc(CNC(C)C)n(C)c12. The fraction of sp³-hybridized carbons (Fsp3) is 0.462. The van der Waals surface area contributed by atoms with Crippen LogP contribution in [0.15, 0.2) is 18.2 Å². The monoisotopic (exact) mass is 233 g/mol. The summed E-state index contributed by atoms with van der Waals surface area (Å²) >= 11 is 0. The van der Waals surface area contributed by atoms with Crippen molar-refractivity contribution in [2.75, 3.05) is 7.11 Å². The lowest BCUT2D eigenvalue weighted by atomic mass is 10.3. The second-order valence-corrected chi connectivity index (χ2v) is 4.45. The number of aromatic nitrogens is 2. The molecule has 0 bridgehead atoms. The van der Waals surface area contributed by atoms with E-state index in [9.17, 15) is 0 Å². The van der Waals surface area contributed by atoms with Gasteiger partial charge in [-0.1, -0.05) is 19.9 Å². The van der Waals surface area contributed by atoms with Crippen LogP contribution in [-0.4, -0.2) is 22.7 Å². The molecule has 1 aromatic carbocycles. The third-order valence-electron chi connectivity index (χ3n) is 2.84. The van der Waals surface area contributed by atoms with Crippen LogP contribution < -0.4 is 10.1 Å². The molecule has 17 heavy (non-hydrogen) atoms. The Balaban J connectivity index is 2.42. The highest BCUT2D eigenvalue weighted by Gasteiger charge is 2.11. The van der Waals surface area contributed by atoms with Crippen molar-refractivity contribution in [1.29, 1.82) is 0 Å². The minimum Gasteiger partial charge on any atom is -0.494 e. The molecule has 0 spiro atoms. The number of rotatable bonds is 4. The Labute approximate surface area is 102 Å². The number of fused-ring (bicyclic) bond motifs is 1. The maximum absolute atomic E-state index is 5.37. The Morgan fingerprint density at radius 3 is 2.82 bits per heavy atom. The molecule has 1 aromatic heterocycles. The van der Waals surface area contributed by atoms with Gasteiger partial charge >= 0.3 is 0 Å². The van der Waals surface area contributed by atoms with Crippen molar-refractivity contribution in [2.45, 2.75) is 26.4 Å². The first kappa shape index (κ1) is 11.9. The van der Waals surface area contributed by atoms with Crippen LogP contribution >= 0.6 is 0 Å². The zero-order chi connectivity index (χ0) is 12.4. The number of benzene rings is 1. The Morgan fingerprint density at radius 1 is 1.41 bits per heavy atom. The van der Waals surface area contributed by atoms with Crippen molar-refractivity contribution in [3.8, 4) is 5.75 Å². The molecule has 0 fully saturated rings. The van der Waals surface area contributed by atoms with Crippen LogP contribution in [0.1, 0.15) is 19.7 Å². The van der Waals surface area contributed by atoms with Crippen molar-refractivity contribution in [3.63, 3.8) is 0 Å². The lowest BCUT2D eigenvalue weighted by Gasteiger charge is -2.08. The van der Waals surface area contributed by atoms with E-state index in [1.54, 1.807) is 7.11 Å². The fourth-order valence-electron chi connectivity index (χ4n) is 1.90. The molecule has 0 aliphatic carbocycles. The van der Waals surface area contributed by atoms with Crippen LogP contribution in [0.2, 0.25) is 0 Å². The highest BCUT2D eigenvalue weighted by molar-refractivity contribution is 5.82. The van der Waals surface area contributed by atoms with Crippen molar-refractivity contribution >= 4 is 11.0 Å². The van der Waals surface area contributed by atoms with Gasteiger partial charge in [0, 0.05) is 13.1 Å². The molecule has 92 valence electrons. The number of nitrogens with zero attached hydrogens (tertiary/aromatic N) is 2. The summed E-state index contributed by atoms with van der Waals surface area (Å²) in [6.07, 6.45) is 0. The fourth-order valence-corrected chi connectivity index (χ4v) is 1.90. The predicted molar refractivity (Wildman–Crippen MR) is 69.2 cm³/mol. The van der Waals surface area contributed by atoms with Crippen LogP contribution in [0.3, 0.4) is 0 Å². The largest absolute Gasteiger partial charge is 0.494 e. The first-order valence-corrected chi connectivity index (χ1v) is 5.85. The topological polar surface area (TPSA) is 39.1 Å². The molecule has 0 saturated heterocycles. The van der Waals surface area contributed by atoms with Gasteiger partial charge in [-0.15, -0.1) is 0 Å². The number of imidazole rings is 1. The molecule has 4 heteroatoms. The summed E-state index contributed by atoms with van der Waals surface area (Å²) in [5, 5.41) is 3.38. The number of para-hydroxylation sites is 1. The number of aryl methyl sites for hydroxylation is 1. The Morgan fingerprint density at radius 2 is 2.18 bits per heavy atom. The summed E-state index contributed by atoms with van der Waals surface area (Å²) in [6, 6.07) is 6.39. The molecule has 0 saturated carbocycles. The first-order valence-electron chi connectivity index (χ1n) is 5.85. The minimum atomic E-state index is 0.455. The Bertz CT molecular complexity index is 517. The molecule has 0 unspecified atom stereocenters. The molecule has 4 nitrogen and oxygen atoms in total. The van der Waals surface area contributed by atoms with Gasteiger partial charge in [-0.3, -0.25) is 0 Å². The summed E-state index contributed by atoms with van der Waals surface area (Å²) in [4.78, 5) is 4.61. The lowest BCUT2D eigenvalue weighted by Crippen LogP contribution is -2.23. The lowest BCUT2D eigenvalue weighted by molar-refractivity contribution is 0.417. The maximum atomic E-state index is 5.37. The van der Waals surface area contributed by atoms with E-state index in [4.69, 9.17) is 4.74 Å². The number of hydrogen-bond acceptors (Lipinski definition) is 3. The molecule has 0 radical (unpaired) electrons. The summed E-state index contributed by atoms with van der Waals surface area (Å²) in [6.45, 7) is 5.03. The van der Waals surface area contributed by atoms with Crippen molar-refractivity contribution in [2.24, 2.45) is 7.05 Å². The third kappa shape index (κ3) is 2.26. The van der Waals surface area contributed by atoms with Gasteiger partial charge in [0.15, 0.2) is 0 Å². The van der Waals surface area contributed by atoms with Gasteiger partial charge in [0.1, 0.15) is 17.1 Å². The van der Waals surface area contributed by atoms with Crippen molar-refractivity contribution in [3.05, 3.63) is 24.0 Å². The zero-order valence-electron chi connectivity index (χ0n) is 10.8. The van der Waals surface area contributed by atoms with Crippen LogP contribution in [0.4, 0.5) is 0 Å². The first-order chi connectivity index (χ1) is 8.13. The number of hydrogen-bond donors (Lipinski definition) is 1. The highest BCUT2D eigenvalue weighted by atomic mass is 16.5. The van der Waals surface area contributed by atoms with E-state index >= 15 is 0 Å². The predicted octanol–water partition coefficient (Wildman–Crippen LogP) is 2.08. The highest BCUT2D eigenvalue weighted by Crippen LogP contribution is 2.25. The molecule has 0 aliphatic rings. The molecule has 1 N–H and O–H groups in total. The van der Waals surface area contributed by atoms with E-state index in [1.165, 1.54) is 0 Å². The van der Waals surface area contributed by atoms with E-state index in [1.807, 2.05) is 25.2 Å². The molecule has 0 amide bonds. The Hall–Kier alpha value is -1.55. The van der Waals surface area contributed by atoms with Crippen LogP contribution in [0, 0.1) is 0 Å². The quantitative estimate of drug-likeness (QED) is 0.878. The number of nitrogens with one attached hydrogen (secondary N) is 1. The van der Waals surface area contributed by atoms with E-state index in [0.717, 1.165) is 29.2 Å². The van der Waals surface area contributed by atoms with E-state index in [2.05, 4.69) is 28.7 Å². The maximum Gasteiger partial charge on any atom is 0.144 e. The average Bonchev–Trinajstić information content (AvgIpc) is 2.64. The van der Waals surface area contributed by atoms with Crippen LogP contribution in [0.5, 0.6) is 5.75 Å². The van der Waals surface area contributed by atoms with Crippen molar-refractivity contribution in [1.82, 2.24) is 14.9 Å². The average molecular weight is 233 g/mol. The summed E-state index contributed by atoms with van der Waals surface area (Å²) < 4.78 is 7.45. The standard InChI is InChI=1S/C13H19N3O/c1-9(2)14-8-12-15-10-6-5-7-11(17-4)13(10)16(12)3/h5-7,9,14H,8H2,1-4H3. The van der Waals surface area contributed by atoms with Gasteiger partial charge in [0.2, 0.25) is 0 Å². The Kier molecular flexibility index (Phi) is 3.33. The molecule has 2 aromatic rings. The van der Waals surface area contributed by atoms with Crippen LogP contribution in [0.25, 0.3) is 11.0 Å². The normalized spacial score (nSPS) is 11.4. The summed E-state index contributed by atoms with van der Waals surface area (Å²) in [5.41, 5.74) is 2.03. The van der Waals surface area contributed by atoms with Gasteiger partial charge in [-0.25, -0.2) is 4.98 Å².